The number of rotatable bonds is 4. The van der Waals surface area contributed by atoms with Gasteiger partial charge in [-0.05, 0) is 12.1 Å². The number of sulfonamides is 1. The van der Waals surface area contributed by atoms with Crippen LogP contribution in [-0.4, -0.2) is 61.0 Å². The summed E-state index contributed by atoms with van der Waals surface area (Å²) in [6.07, 6.45) is -0.979. The van der Waals surface area contributed by atoms with Crippen LogP contribution in [0.1, 0.15) is 0 Å². The summed E-state index contributed by atoms with van der Waals surface area (Å²) >= 11 is 5.33. The number of piperazine rings is 1. The molecule has 10 heteroatoms. The fourth-order valence-corrected chi connectivity index (χ4v) is 2.92. The number of halogens is 1. The maximum atomic E-state index is 11.5. The molecule has 1 saturated heterocycles. The number of anilines is 2. The van der Waals surface area contributed by atoms with Crippen molar-refractivity contribution in [2.24, 2.45) is 0 Å². The van der Waals surface area contributed by atoms with E-state index < -0.39 is 21.3 Å². The molecule has 122 valence electrons. The van der Waals surface area contributed by atoms with Gasteiger partial charge in [-0.3, -0.25) is 4.72 Å². The Balaban J connectivity index is 2.18. The molecule has 8 nitrogen and oxygen atoms in total. The van der Waals surface area contributed by atoms with Gasteiger partial charge in [-0.2, -0.15) is 0 Å². The van der Waals surface area contributed by atoms with Crippen molar-refractivity contribution in [3.8, 4) is 5.75 Å². The molecular formula is C12H16ClN3O5S. The lowest BCUT2D eigenvalue weighted by Crippen LogP contribution is -2.48. The average Bonchev–Trinajstić information content (AvgIpc) is 2.49. The monoisotopic (exact) mass is 349 g/mol. The Hall–Kier alpha value is -1.87. The Morgan fingerprint density at radius 2 is 1.91 bits per heavy atom. The van der Waals surface area contributed by atoms with E-state index in [1.807, 2.05) is 0 Å². The number of aromatic hydroxyl groups is 1. The quantitative estimate of drug-likeness (QED) is 0.555. The molecule has 1 aliphatic heterocycles. The third-order valence-electron chi connectivity index (χ3n) is 3.31. The van der Waals surface area contributed by atoms with Crippen LogP contribution in [0.25, 0.3) is 0 Å². The van der Waals surface area contributed by atoms with Gasteiger partial charge in [-0.25, -0.2) is 13.2 Å². The maximum absolute atomic E-state index is 11.5. The highest BCUT2D eigenvalue weighted by atomic mass is 35.5. The van der Waals surface area contributed by atoms with E-state index in [4.69, 9.17) is 16.7 Å². The van der Waals surface area contributed by atoms with Gasteiger partial charge in [0.2, 0.25) is 10.0 Å². The lowest BCUT2D eigenvalue weighted by molar-refractivity contribution is 0.142. The Morgan fingerprint density at radius 1 is 1.27 bits per heavy atom. The van der Waals surface area contributed by atoms with Crippen LogP contribution in [-0.2, 0) is 10.0 Å². The zero-order chi connectivity index (χ0) is 16.3. The number of para-hydroxylation sites is 1. The zero-order valence-electron chi connectivity index (χ0n) is 11.6. The molecule has 0 saturated carbocycles. The van der Waals surface area contributed by atoms with Gasteiger partial charge in [0, 0.05) is 26.2 Å². The first kappa shape index (κ1) is 16.5. The second kappa shape index (κ2) is 6.49. The number of amides is 1. The van der Waals surface area contributed by atoms with Crippen molar-refractivity contribution in [2.45, 2.75) is 0 Å². The molecule has 0 bridgehead atoms. The summed E-state index contributed by atoms with van der Waals surface area (Å²) < 4.78 is 25.2. The van der Waals surface area contributed by atoms with Crippen molar-refractivity contribution in [2.75, 3.05) is 41.0 Å². The Morgan fingerprint density at radius 3 is 2.45 bits per heavy atom. The number of benzene rings is 1. The normalized spacial score (nSPS) is 15.7. The molecule has 0 radical (unpaired) electrons. The Labute approximate surface area is 132 Å². The minimum Gasteiger partial charge on any atom is -0.504 e. The van der Waals surface area contributed by atoms with E-state index in [1.165, 1.54) is 11.0 Å². The molecule has 3 N–H and O–H groups in total. The first-order chi connectivity index (χ1) is 10.3. The molecule has 0 spiro atoms. The van der Waals surface area contributed by atoms with E-state index in [-0.39, 0.29) is 11.4 Å². The molecular weight excluding hydrogens is 334 g/mol. The minimum absolute atomic E-state index is 0.0406. The number of nitrogens with one attached hydrogen (secondary N) is 1. The highest BCUT2D eigenvalue weighted by Crippen LogP contribution is 2.35. The van der Waals surface area contributed by atoms with Crippen LogP contribution < -0.4 is 9.62 Å². The third kappa shape index (κ3) is 3.66. The zero-order valence-corrected chi connectivity index (χ0v) is 13.1. The highest BCUT2D eigenvalue weighted by Gasteiger charge is 2.23. The largest absolute Gasteiger partial charge is 0.504 e. The lowest BCUT2D eigenvalue weighted by Gasteiger charge is -2.35. The van der Waals surface area contributed by atoms with Crippen molar-refractivity contribution in [3.05, 3.63) is 18.2 Å². The van der Waals surface area contributed by atoms with E-state index >= 15 is 0 Å². The van der Waals surface area contributed by atoms with Crippen LogP contribution >= 0.6 is 11.6 Å². The SMILES string of the molecule is O=C(O)N1CCN(c2cccc(NS(=O)(=O)CCl)c2O)CC1. The maximum Gasteiger partial charge on any atom is 0.407 e. The summed E-state index contributed by atoms with van der Waals surface area (Å²) in [6, 6.07) is 4.67. The van der Waals surface area contributed by atoms with Gasteiger partial charge in [0.15, 0.2) is 5.75 Å². The number of hydrogen-bond donors (Lipinski definition) is 3. The fraction of sp³-hybridized carbons (Fsp3) is 0.417. The van der Waals surface area contributed by atoms with Crippen LogP contribution in [0.15, 0.2) is 18.2 Å². The predicted octanol–water partition coefficient (Wildman–Crippen LogP) is 1.13. The first-order valence-electron chi connectivity index (χ1n) is 6.45. The summed E-state index contributed by atoms with van der Waals surface area (Å²) in [5.74, 6) is -0.208. The van der Waals surface area contributed by atoms with Gasteiger partial charge in [0.1, 0.15) is 5.21 Å². The van der Waals surface area contributed by atoms with E-state index in [1.54, 1.807) is 17.0 Å². The molecule has 22 heavy (non-hydrogen) atoms. The van der Waals surface area contributed by atoms with Crippen LogP contribution in [0.2, 0.25) is 0 Å². The summed E-state index contributed by atoms with van der Waals surface area (Å²) in [5.41, 5.74) is 0.485. The molecule has 0 aromatic heterocycles. The summed E-state index contributed by atoms with van der Waals surface area (Å²) in [5, 5.41) is 18.5. The number of alkyl halides is 1. The van der Waals surface area contributed by atoms with Crippen LogP contribution in [0, 0.1) is 0 Å². The van der Waals surface area contributed by atoms with Gasteiger partial charge in [-0.15, -0.1) is 11.6 Å². The summed E-state index contributed by atoms with van der Waals surface area (Å²) in [7, 11) is -3.71. The number of phenolic OH excluding ortho intramolecular Hbond substituents is 1. The van der Waals surface area contributed by atoms with E-state index in [0.717, 1.165) is 0 Å². The smallest absolute Gasteiger partial charge is 0.407 e. The number of nitrogens with zero attached hydrogens (tertiary/aromatic N) is 2. The predicted molar refractivity (Wildman–Crippen MR) is 83.2 cm³/mol. The van der Waals surface area contributed by atoms with Gasteiger partial charge in [0.25, 0.3) is 0 Å². The molecule has 1 fully saturated rings. The molecule has 0 aliphatic carbocycles. The number of carbonyl (C=O) groups is 1. The highest BCUT2D eigenvalue weighted by molar-refractivity contribution is 7.93. The molecule has 2 rings (SSSR count). The molecule has 1 heterocycles. The van der Waals surface area contributed by atoms with Crippen LogP contribution in [0.4, 0.5) is 16.2 Å². The number of hydrogen-bond acceptors (Lipinski definition) is 5. The molecule has 1 amide bonds. The third-order valence-corrected chi connectivity index (χ3v) is 4.99. The number of carboxylic acid groups (broad SMARTS) is 1. The average molecular weight is 350 g/mol. The van der Waals surface area contributed by atoms with E-state index in [0.29, 0.717) is 31.9 Å². The summed E-state index contributed by atoms with van der Waals surface area (Å²) in [6.45, 7) is 1.44. The minimum atomic E-state index is -3.71. The second-order valence-electron chi connectivity index (χ2n) is 4.76. The van der Waals surface area contributed by atoms with E-state index in [9.17, 15) is 18.3 Å². The molecule has 0 atom stereocenters. The molecule has 1 aliphatic rings. The van der Waals surface area contributed by atoms with Gasteiger partial charge in [-0.1, -0.05) is 6.07 Å². The standard InChI is InChI=1S/C12H16ClN3O5S/c13-8-22(20,21)14-9-2-1-3-10(11(9)17)15-4-6-16(7-5-15)12(18)19/h1-3,14,17H,4-8H2,(H,18,19). The van der Waals surface area contributed by atoms with Crippen LogP contribution in [0.5, 0.6) is 5.75 Å². The van der Waals surface area contributed by atoms with Crippen molar-refractivity contribution < 1.29 is 23.4 Å². The van der Waals surface area contributed by atoms with Crippen molar-refractivity contribution >= 4 is 39.1 Å². The van der Waals surface area contributed by atoms with Crippen molar-refractivity contribution in [1.82, 2.24) is 4.90 Å². The van der Waals surface area contributed by atoms with Crippen molar-refractivity contribution in [1.29, 1.82) is 0 Å². The van der Waals surface area contributed by atoms with Gasteiger partial charge >= 0.3 is 6.09 Å². The molecule has 0 unspecified atom stereocenters. The van der Waals surface area contributed by atoms with Crippen LogP contribution in [0.3, 0.4) is 0 Å². The van der Waals surface area contributed by atoms with Gasteiger partial charge < -0.3 is 20.0 Å². The molecule has 1 aromatic carbocycles. The fourth-order valence-electron chi connectivity index (χ4n) is 2.20. The lowest BCUT2D eigenvalue weighted by atomic mass is 10.2. The number of phenols is 1. The Kier molecular flexibility index (Phi) is 4.87. The topological polar surface area (TPSA) is 110 Å². The first-order valence-corrected chi connectivity index (χ1v) is 8.64. The van der Waals surface area contributed by atoms with Crippen molar-refractivity contribution in [3.63, 3.8) is 0 Å². The van der Waals surface area contributed by atoms with Gasteiger partial charge in [0.05, 0.1) is 11.4 Å². The Bertz CT molecular complexity index is 659. The summed E-state index contributed by atoms with van der Waals surface area (Å²) in [4.78, 5) is 14.0. The second-order valence-corrected chi connectivity index (χ2v) is 7.06. The molecule has 1 aromatic rings. The van der Waals surface area contributed by atoms with E-state index in [2.05, 4.69) is 4.72 Å².